The van der Waals surface area contributed by atoms with Gasteiger partial charge in [0, 0.05) is 32.2 Å². The standard InChI is InChI=1S/C14H24F3N3O3/c1-11(2)18-12(21)9-19-4-6-20(7-5-19)13(22)3-8-23-10-14(15,16)17/h11H,3-10H2,1-2H3,(H,18,21). The zero-order chi connectivity index (χ0) is 17.5. The average Bonchev–Trinajstić information content (AvgIpc) is 2.42. The Morgan fingerprint density at radius 2 is 1.78 bits per heavy atom. The summed E-state index contributed by atoms with van der Waals surface area (Å²) in [5.41, 5.74) is 0. The molecule has 0 aliphatic carbocycles. The number of rotatable bonds is 7. The average molecular weight is 339 g/mol. The van der Waals surface area contributed by atoms with E-state index in [0.717, 1.165) is 0 Å². The van der Waals surface area contributed by atoms with E-state index in [2.05, 4.69) is 10.1 Å². The van der Waals surface area contributed by atoms with Gasteiger partial charge in [-0.25, -0.2) is 0 Å². The third-order valence-corrected chi connectivity index (χ3v) is 3.27. The Hall–Kier alpha value is -1.35. The fourth-order valence-corrected chi connectivity index (χ4v) is 2.23. The van der Waals surface area contributed by atoms with Gasteiger partial charge in [0.25, 0.3) is 0 Å². The van der Waals surface area contributed by atoms with E-state index in [1.54, 1.807) is 4.90 Å². The van der Waals surface area contributed by atoms with Crippen LogP contribution in [0.5, 0.6) is 0 Å². The summed E-state index contributed by atoms with van der Waals surface area (Å²) in [5, 5.41) is 2.80. The van der Waals surface area contributed by atoms with Gasteiger partial charge in [0.05, 0.1) is 19.6 Å². The number of hydrogen-bond donors (Lipinski definition) is 1. The van der Waals surface area contributed by atoms with Gasteiger partial charge in [-0.15, -0.1) is 0 Å². The smallest absolute Gasteiger partial charge is 0.372 e. The maximum atomic E-state index is 11.9. The number of amides is 2. The van der Waals surface area contributed by atoms with Gasteiger partial charge in [-0.05, 0) is 13.8 Å². The summed E-state index contributed by atoms with van der Waals surface area (Å²) in [5.74, 6) is -0.279. The normalized spacial score (nSPS) is 16.7. The molecule has 1 fully saturated rings. The second kappa shape index (κ2) is 9.07. The molecule has 1 saturated heterocycles. The molecular formula is C14H24F3N3O3. The van der Waals surface area contributed by atoms with Crippen LogP contribution >= 0.6 is 0 Å². The highest BCUT2D eigenvalue weighted by Crippen LogP contribution is 2.14. The molecule has 0 aromatic rings. The van der Waals surface area contributed by atoms with Crippen LogP contribution in [-0.2, 0) is 14.3 Å². The molecule has 1 aliphatic rings. The van der Waals surface area contributed by atoms with E-state index < -0.39 is 12.8 Å². The minimum Gasteiger partial charge on any atom is -0.372 e. The van der Waals surface area contributed by atoms with Gasteiger partial charge in [0.1, 0.15) is 6.61 Å². The Morgan fingerprint density at radius 3 is 2.30 bits per heavy atom. The molecule has 2 amide bonds. The lowest BCUT2D eigenvalue weighted by Crippen LogP contribution is -2.51. The van der Waals surface area contributed by atoms with Crippen molar-refractivity contribution in [1.82, 2.24) is 15.1 Å². The molecule has 0 radical (unpaired) electrons. The van der Waals surface area contributed by atoms with Crippen LogP contribution in [0, 0.1) is 0 Å². The van der Waals surface area contributed by atoms with Crippen molar-refractivity contribution in [3.8, 4) is 0 Å². The fourth-order valence-electron chi connectivity index (χ4n) is 2.23. The Bertz CT molecular complexity index is 394. The molecule has 23 heavy (non-hydrogen) atoms. The van der Waals surface area contributed by atoms with Gasteiger partial charge in [-0.3, -0.25) is 14.5 Å². The highest BCUT2D eigenvalue weighted by atomic mass is 19.4. The molecule has 0 saturated carbocycles. The number of nitrogens with zero attached hydrogens (tertiary/aromatic N) is 2. The Labute approximate surface area is 133 Å². The topological polar surface area (TPSA) is 61.9 Å². The number of ether oxygens (including phenoxy) is 1. The molecule has 1 heterocycles. The summed E-state index contributed by atoms with van der Waals surface area (Å²) in [6, 6.07) is 0.0852. The number of carbonyl (C=O) groups excluding carboxylic acids is 2. The zero-order valence-corrected chi connectivity index (χ0v) is 13.5. The lowest BCUT2D eigenvalue weighted by Gasteiger charge is -2.34. The third-order valence-electron chi connectivity index (χ3n) is 3.27. The minimum atomic E-state index is -4.37. The predicted molar refractivity (Wildman–Crippen MR) is 77.8 cm³/mol. The molecule has 0 unspecified atom stereocenters. The van der Waals surface area contributed by atoms with Crippen LogP contribution in [0.3, 0.4) is 0 Å². The molecule has 1 rings (SSSR count). The van der Waals surface area contributed by atoms with Crippen molar-refractivity contribution >= 4 is 11.8 Å². The lowest BCUT2D eigenvalue weighted by atomic mass is 10.2. The summed E-state index contributed by atoms with van der Waals surface area (Å²) in [7, 11) is 0. The third kappa shape index (κ3) is 8.75. The van der Waals surface area contributed by atoms with E-state index in [1.165, 1.54) is 0 Å². The first kappa shape index (κ1) is 19.7. The molecule has 1 aliphatic heterocycles. The zero-order valence-electron chi connectivity index (χ0n) is 13.5. The first-order valence-corrected chi connectivity index (χ1v) is 7.61. The van der Waals surface area contributed by atoms with Crippen molar-refractivity contribution in [1.29, 1.82) is 0 Å². The SMILES string of the molecule is CC(C)NC(=O)CN1CCN(C(=O)CCOCC(F)(F)F)CC1. The van der Waals surface area contributed by atoms with Crippen molar-refractivity contribution in [2.24, 2.45) is 0 Å². The van der Waals surface area contributed by atoms with Crippen LogP contribution in [0.2, 0.25) is 0 Å². The summed E-state index contributed by atoms with van der Waals surface area (Å²) in [6.07, 6.45) is -4.44. The van der Waals surface area contributed by atoms with Gasteiger partial charge in [0.15, 0.2) is 0 Å². The number of carbonyl (C=O) groups is 2. The van der Waals surface area contributed by atoms with E-state index in [-0.39, 0.29) is 37.4 Å². The number of nitrogens with one attached hydrogen (secondary N) is 1. The second-order valence-electron chi connectivity index (χ2n) is 5.80. The molecular weight excluding hydrogens is 315 g/mol. The van der Waals surface area contributed by atoms with E-state index in [1.807, 2.05) is 18.7 Å². The van der Waals surface area contributed by atoms with Gasteiger partial charge < -0.3 is 15.0 Å². The summed E-state index contributed by atoms with van der Waals surface area (Å²) < 4.78 is 40.1. The number of alkyl halides is 3. The quantitative estimate of drug-likeness (QED) is 0.691. The van der Waals surface area contributed by atoms with Crippen LogP contribution in [-0.4, -0.2) is 79.8 Å². The first-order chi connectivity index (χ1) is 10.7. The van der Waals surface area contributed by atoms with Crippen molar-refractivity contribution in [3.63, 3.8) is 0 Å². The largest absolute Gasteiger partial charge is 0.411 e. The maximum absolute atomic E-state index is 11.9. The number of halogens is 3. The van der Waals surface area contributed by atoms with E-state index >= 15 is 0 Å². The lowest BCUT2D eigenvalue weighted by molar-refractivity contribution is -0.175. The van der Waals surface area contributed by atoms with E-state index in [0.29, 0.717) is 26.2 Å². The molecule has 9 heteroatoms. The van der Waals surface area contributed by atoms with Crippen LogP contribution in [0.25, 0.3) is 0 Å². The fraction of sp³-hybridized carbons (Fsp3) is 0.857. The molecule has 134 valence electrons. The molecule has 0 aromatic carbocycles. The van der Waals surface area contributed by atoms with Gasteiger partial charge in [-0.2, -0.15) is 13.2 Å². The maximum Gasteiger partial charge on any atom is 0.411 e. The van der Waals surface area contributed by atoms with E-state index in [4.69, 9.17) is 0 Å². The number of hydrogen-bond acceptors (Lipinski definition) is 4. The molecule has 0 atom stereocenters. The van der Waals surface area contributed by atoms with E-state index in [9.17, 15) is 22.8 Å². The molecule has 0 bridgehead atoms. The van der Waals surface area contributed by atoms with Crippen LogP contribution < -0.4 is 5.32 Å². The highest BCUT2D eigenvalue weighted by Gasteiger charge is 2.28. The molecule has 0 aromatic heterocycles. The highest BCUT2D eigenvalue weighted by molar-refractivity contribution is 5.78. The van der Waals surface area contributed by atoms with Crippen LogP contribution in [0.4, 0.5) is 13.2 Å². The molecule has 1 N–H and O–H groups in total. The van der Waals surface area contributed by atoms with Crippen molar-refractivity contribution in [3.05, 3.63) is 0 Å². The number of piperazine rings is 1. The summed E-state index contributed by atoms with van der Waals surface area (Å²) in [6.45, 7) is 4.55. The van der Waals surface area contributed by atoms with Crippen molar-refractivity contribution in [2.75, 3.05) is 45.9 Å². The summed E-state index contributed by atoms with van der Waals surface area (Å²) >= 11 is 0. The second-order valence-corrected chi connectivity index (χ2v) is 5.80. The van der Waals surface area contributed by atoms with Gasteiger partial charge >= 0.3 is 6.18 Å². The monoisotopic (exact) mass is 339 g/mol. The predicted octanol–water partition coefficient (Wildman–Crippen LogP) is 0.624. The molecule has 0 spiro atoms. The Morgan fingerprint density at radius 1 is 1.17 bits per heavy atom. The summed E-state index contributed by atoms with van der Waals surface area (Å²) in [4.78, 5) is 27.1. The Kier molecular flexibility index (Phi) is 7.77. The minimum absolute atomic E-state index is 0.0553. The molecule has 6 nitrogen and oxygen atoms in total. The van der Waals surface area contributed by atoms with Crippen LogP contribution in [0.1, 0.15) is 20.3 Å². The Balaban J connectivity index is 2.19. The van der Waals surface area contributed by atoms with Gasteiger partial charge in [0.2, 0.25) is 11.8 Å². The van der Waals surface area contributed by atoms with Crippen LogP contribution in [0.15, 0.2) is 0 Å². The first-order valence-electron chi connectivity index (χ1n) is 7.61. The van der Waals surface area contributed by atoms with Gasteiger partial charge in [-0.1, -0.05) is 0 Å². The van der Waals surface area contributed by atoms with Crippen molar-refractivity contribution < 1.29 is 27.5 Å². The van der Waals surface area contributed by atoms with Crippen molar-refractivity contribution in [2.45, 2.75) is 32.5 Å².